The smallest absolute Gasteiger partial charge is 0.332 e. The standard InChI is InChI=1S/C19H18BrN5O3S/c1-11-4-6-13(7-5-11)28-9-14-21-12(10-29-14)8-25-16-15(22-18(25)20)17(26)24(3)19(27)23(16)2/h4-7,10H,8-9H2,1-3H3. The van der Waals surface area contributed by atoms with Crippen molar-refractivity contribution in [3.05, 3.63) is 71.5 Å². The zero-order chi connectivity index (χ0) is 20.7. The van der Waals surface area contributed by atoms with Gasteiger partial charge in [-0.15, -0.1) is 11.3 Å². The van der Waals surface area contributed by atoms with Crippen LogP contribution in [0.5, 0.6) is 5.75 Å². The molecule has 3 heterocycles. The lowest BCUT2D eigenvalue weighted by atomic mass is 10.2. The zero-order valence-corrected chi connectivity index (χ0v) is 18.5. The third kappa shape index (κ3) is 3.65. The first-order valence-corrected chi connectivity index (χ1v) is 10.5. The Labute approximate surface area is 178 Å². The third-order valence-electron chi connectivity index (χ3n) is 4.60. The Kier molecular flexibility index (Phi) is 5.13. The van der Waals surface area contributed by atoms with E-state index in [-0.39, 0.29) is 5.52 Å². The summed E-state index contributed by atoms with van der Waals surface area (Å²) in [7, 11) is 3.06. The van der Waals surface area contributed by atoms with Crippen molar-refractivity contribution >= 4 is 38.4 Å². The van der Waals surface area contributed by atoms with Crippen LogP contribution < -0.4 is 16.0 Å². The van der Waals surface area contributed by atoms with Crippen molar-refractivity contribution in [2.24, 2.45) is 14.1 Å². The Bertz CT molecular complexity index is 1320. The number of aromatic nitrogens is 5. The number of rotatable bonds is 5. The monoisotopic (exact) mass is 475 g/mol. The minimum Gasteiger partial charge on any atom is -0.486 e. The number of imidazole rings is 1. The van der Waals surface area contributed by atoms with E-state index in [1.807, 2.05) is 36.6 Å². The highest BCUT2D eigenvalue weighted by atomic mass is 79.9. The number of hydrogen-bond acceptors (Lipinski definition) is 6. The first-order valence-electron chi connectivity index (χ1n) is 8.79. The van der Waals surface area contributed by atoms with Crippen molar-refractivity contribution in [1.82, 2.24) is 23.7 Å². The quantitative estimate of drug-likeness (QED) is 0.414. The largest absolute Gasteiger partial charge is 0.486 e. The highest BCUT2D eigenvalue weighted by molar-refractivity contribution is 9.10. The number of halogens is 1. The van der Waals surface area contributed by atoms with Gasteiger partial charge in [-0.1, -0.05) is 17.7 Å². The van der Waals surface area contributed by atoms with E-state index in [9.17, 15) is 9.59 Å². The van der Waals surface area contributed by atoms with E-state index in [0.29, 0.717) is 23.5 Å². The molecule has 29 heavy (non-hydrogen) atoms. The molecule has 1 aromatic carbocycles. The number of ether oxygens (including phenoxy) is 1. The van der Waals surface area contributed by atoms with Gasteiger partial charge >= 0.3 is 5.69 Å². The van der Waals surface area contributed by atoms with Gasteiger partial charge in [0, 0.05) is 19.5 Å². The van der Waals surface area contributed by atoms with E-state index in [1.165, 1.54) is 28.5 Å². The molecule has 0 bridgehead atoms. The molecule has 8 nitrogen and oxygen atoms in total. The van der Waals surface area contributed by atoms with Gasteiger partial charge in [-0.2, -0.15) is 0 Å². The SMILES string of the molecule is Cc1ccc(OCc2nc(Cn3c(Br)nc4c(=O)n(C)c(=O)n(C)c43)cs2)cc1. The van der Waals surface area contributed by atoms with Crippen LogP contribution in [0.25, 0.3) is 11.2 Å². The molecule has 0 aliphatic rings. The molecule has 0 N–H and O–H groups in total. The van der Waals surface area contributed by atoms with Crippen LogP contribution in [-0.4, -0.2) is 23.7 Å². The zero-order valence-electron chi connectivity index (χ0n) is 16.0. The maximum Gasteiger partial charge on any atom is 0.332 e. The average Bonchev–Trinajstić information content (AvgIpc) is 3.29. The summed E-state index contributed by atoms with van der Waals surface area (Å²) >= 11 is 4.90. The molecule has 0 atom stereocenters. The molecule has 0 amide bonds. The van der Waals surface area contributed by atoms with Crippen molar-refractivity contribution in [1.29, 1.82) is 0 Å². The van der Waals surface area contributed by atoms with E-state index in [2.05, 4.69) is 25.9 Å². The fourth-order valence-electron chi connectivity index (χ4n) is 3.03. The van der Waals surface area contributed by atoms with E-state index in [4.69, 9.17) is 4.74 Å². The summed E-state index contributed by atoms with van der Waals surface area (Å²) in [6.07, 6.45) is 0. The van der Waals surface area contributed by atoms with E-state index >= 15 is 0 Å². The van der Waals surface area contributed by atoms with Crippen molar-refractivity contribution in [2.45, 2.75) is 20.1 Å². The fourth-order valence-corrected chi connectivity index (χ4v) is 4.20. The molecule has 0 unspecified atom stereocenters. The minimum atomic E-state index is -0.423. The average molecular weight is 476 g/mol. The first-order chi connectivity index (χ1) is 13.8. The second-order valence-corrected chi connectivity index (χ2v) is 8.33. The van der Waals surface area contributed by atoms with Crippen LogP contribution in [0, 0.1) is 6.92 Å². The van der Waals surface area contributed by atoms with Crippen LogP contribution in [0.3, 0.4) is 0 Å². The van der Waals surface area contributed by atoms with Gasteiger partial charge in [0.1, 0.15) is 17.4 Å². The van der Waals surface area contributed by atoms with Crippen molar-refractivity contribution in [2.75, 3.05) is 0 Å². The molecule has 0 fully saturated rings. The van der Waals surface area contributed by atoms with Crippen LogP contribution in [0.15, 0.2) is 44.0 Å². The lowest BCUT2D eigenvalue weighted by Gasteiger charge is -2.08. The van der Waals surface area contributed by atoms with Gasteiger partial charge in [-0.05, 0) is 35.0 Å². The van der Waals surface area contributed by atoms with Crippen LogP contribution in [-0.2, 0) is 27.2 Å². The molecule has 0 aliphatic heterocycles. The Morgan fingerprint density at radius 1 is 1.10 bits per heavy atom. The van der Waals surface area contributed by atoms with Crippen molar-refractivity contribution < 1.29 is 4.74 Å². The van der Waals surface area contributed by atoms with Crippen LogP contribution in [0.4, 0.5) is 0 Å². The molecule has 0 aliphatic carbocycles. The summed E-state index contributed by atoms with van der Waals surface area (Å²) < 4.78 is 10.5. The van der Waals surface area contributed by atoms with Gasteiger partial charge in [0.2, 0.25) is 0 Å². The Morgan fingerprint density at radius 2 is 1.83 bits per heavy atom. The molecule has 0 saturated heterocycles. The van der Waals surface area contributed by atoms with Gasteiger partial charge in [0.25, 0.3) is 5.56 Å². The lowest BCUT2D eigenvalue weighted by Crippen LogP contribution is -2.37. The molecule has 4 aromatic rings. The van der Waals surface area contributed by atoms with Gasteiger partial charge in [-0.25, -0.2) is 14.8 Å². The van der Waals surface area contributed by atoms with Crippen LogP contribution >= 0.6 is 27.3 Å². The summed E-state index contributed by atoms with van der Waals surface area (Å²) in [5, 5.41) is 2.77. The summed E-state index contributed by atoms with van der Waals surface area (Å²) in [6, 6.07) is 7.86. The normalized spacial score (nSPS) is 11.3. The summed E-state index contributed by atoms with van der Waals surface area (Å²) in [5.74, 6) is 0.793. The maximum atomic E-state index is 12.4. The summed E-state index contributed by atoms with van der Waals surface area (Å²) in [5.41, 5.74) is 1.84. The molecule has 4 rings (SSSR count). The molecular weight excluding hydrogens is 458 g/mol. The number of thiazole rings is 1. The number of benzene rings is 1. The highest BCUT2D eigenvalue weighted by Crippen LogP contribution is 2.21. The van der Waals surface area contributed by atoms with E-state index < -0.39 is 11.2 Å². The van der Waals surface area contributed by atoms with Gasteiger partial charge in [-0.3, -0.25) is 18.5 Å². The topological polar surface area (TPSA) is 83.9 Å². The van der Waals surface area contributed by atoms with Gasteiger partial charge < -0.3 is 4.74 Å². The molecule has 0 saturated carbocycles. The first kappa shape index (κ1) is 19.6. The summed E-state index contributed by atoms with van der Waals surface area (Å²) in [4.78, 5) is 33.6. The van der Waals surface area contributed by atoms with Gasteiger partial charge in [0.15, 0.2) is 15.9 Å². The molecule has 10 heteroatoms. The van der Waals surface area contributed by atoms with Crippen LogP contribution in [0.1, 0.15) is 16.3 Å². The molecular formula is C19H18BrN5O3S. The highest BCUT2D eigenvalue weighted by Gasteiger charge is 2.18. The van der Waals surface area contributed by atoms with Gasteiger partial charge in [0.05, 0.1) is 12.2 Å². The molecule has 0 radical (unpaired) electrons. The predicted molar refractivity (Wildman–Crippen MR) is 115 cm³/mol. The number of nitrogens with zero attached hydrogens (tertiary/aromatic N) is 5. The Balaban J connectivity index is 1.60. The molecule has 150 valence electrons. The minimum absolute atomic E-state index is 0.236. The molecule has 0 spiro atoms. The van der Waals surface area contributed by atoms with Crippen molar-refractivity contribution in [3.63, 3.8) is 0 Å². The van der Waals surface area contributed by atoms with E-state index in [0.717, 1.165) is 21.0 Å². The van der Waals surface area contributed by atoms with Crippen molar-refractivity contribution in [3.8, 4) is 5.75 Å². The number of fused-ring (bicyclic) bond motifs is 1. The van der Waals surface area contributed by atoms with Crippen LogP contribution in [0.2, 0.25) is 0 Å². The Hall–Kier alpha value is -2.72. The fraction of sp³-hybridized carbons (Fsp3) is 0.263. The Morgan fingerprint density at radius 3 is 2.55 bits per heavy atom. The van der Waals surface area contributed by atoms with E-state index in [1.54, 1.807) is 11.6 Å². The summed E-state index contributed by atoms with van der Waals surface area (Å²) in [6.45, 7) is 2.78. The molecule has 3 aromatic heterocycles. The predicted octanol–water partition coefficient (Wildman–Crippen LogP) is 2.59. The third-order valence-corrected chi connectivity index (χ3v) is 6.07. The maximum absolute atomic E-state index is 12.4. The second kappa shape index (κ2) is 7.60. The number of aryl methyl sites for hydroxylation is 2. The lowest BCUT2D eigenvalue weighted by molar-refractivity contribution is 0.305. The number of hydrogen-bond donors (Lipinski definition) is 0. The second-order valence-electron chi connectivity index (χ2n) is 6.68.